The van der Waals surface area contributed by atoms with E-state index in [-0.39, 0.29) is 6.04 Å². The van der Waals surface area contributed by atoms with E-state index in [0.717, 1.165) is 5.25 Å². The molecule has 3 heteroatoms. The molecular weight excluding hydrogens is 276 g/mol. The molecule has 0 spiro atoms. The highest BCUT2D eigenvalue weighted by Gasteiger charge is 2.15. The molecule has 1 aromatic carbocycles. The van der Waals surface area contributed by atoms with Gasteiger partial charge in [0, 0.05) is 28.2 Å². The number of pyridine rings is 1. The highest BCUT2D eigenvalue weighted by molar-refractivity contribution is 8.00. The van der Waals surface area contributed by atoms with Gasteiger partial charge in [-0.3, -0.25) is 4.98 Å². The van der Waals surface area contributed by atoms with E-state index in [1.54, 1.807) is 0 Å². The second-order valence-corrected chi connectivity index (χ2v) is 7.07. The van der Waals surface area contributed by atoms with Crippen LogP contribution in [0.2, 0.25) is 0 Å². The Morgan fingerprint density at radius 1 is 1.14 bits per heavy atom. The minimum Gasteiger partial charge on any atom is -0.378 e. The second kappa shape index (κ2) is 6.99. The molecule has 1 saturated carbocycles. The Labute approximate surface area is 131 Å². The maximum Gasteiger partial charge on any atom is 0.0500 e. The van der Waals surface area contributed by atoms with Crippen molar-refractivity contribution in [3.05, 3.63) is 54.4 Å². The smallest absolute Gasteiger partial charge is 0.0500 e. The number of anilines is 1. The summed E-state index contributed by atoms with van der Waals surface area (Å²) >= 11 is 2.04. The van der Waals surface area contributed by atoms with Crippen LogP contribution in [0.1, 0.15) is 44.2 Å². The zero-order chi connectivity index (χ0) is 14.5. The molecule has 110 valence electrons. The van der Waals surface area contributed by atoms with Gasteiger partial charge < -0.3 is 5.32 Å². The molecule has 0 amide bonds. The Kier molecular flexibility index (Phi) is 4.81. The van der Waals surface area contributed by atoms with E-state index in [9.17, 15) is 0 Å². The molecule has 3 rings (SSSR count). The van der Waals surface area contributed by atoms with Crippen molar-refractivity contribution in [2.75, 3.05) is 5.32 Å². The Bertz CT molecular complexity index is 547. The second-order valence-electron chi connectivity index (χ2n) is 5.70. The van der Waals surface area contributed by atoms with Gasteiger partial charge in [-0.05, 0) is 55.7 Å². The molecule has 1 unspecified atom stereocenters. The lowest BCUT2D eigenvalue weighted by atomic mass is 10.1. The Balaban J connectivity index is 1.59. The Hall–Kier alpha value is -1.48. The molecule has 1 fully saturated rings. The fraction of sp³-hybridized carbons (Fsp3) is 0.389. The average Bonchev–Trinajstić information content (AvgIpc) is 3.03. The molecule has 1 heterocycles. The summed E-state index contributed by atoms with van der Waals surface area (Å²) < 4.78 is 0. The van der Waals surface area contributed by atoms with Crippen LogP contribution >= 0.6 is 11.8 Å². The molecule has 1 aliphatic carbocycles. The molecule has 0 saturated heterocycles. The first kappa shape index (κ1) is 14.5. The molecule has 2 aromatic rings. The van der Waals surface area contributed by atoms with Gasteiger partial charge in [-0.1, -0.05) is 18.9 Å². The number of nitrogens with zero attached hydrogens (tertiary/aromatic N) is 1. The lowest BCUT2D eigenvalue weighted by molar-refractivity contribution is 0.875. The molecule has 1 aliphatic rings. The summed E-state index contributed by atoms with van der Waals surface area (Å²) in [4.78, 5) is 5.57. The third-order valence-electron chi connectivity index (χ3n) is 4.03. The van der Waals surface area contributed by atoms with Gasteiger partial charge in [0.2, 0.25) is 0 Å². The number of hydrogen-bond acceptors (Lipinski definition) is 3. The minimum atomic E-state index is 0.270. The summed E-state index contributed by atoms with van der Waals surface area (Å²) in [5, 5.41) is 4.36. The van der Waals surface area contributed by atoms with Crippen molar-refractivity contribution in [2.24, 2.45) is 0 Å². The van der Waals surface area contributed by atoms with E-state index in [0.29, 0.717) is 0 Å². The van der Waals surface area contributed by atoms with Crippen LogP contribution in [0.5, 0.6) is 0 Å². The highest BCUT2D eigenvalue weighted by Crippen LogP contribution is 2.35. The minimum absolute atomic E-state index is 0.270. The van der Waals surface area contributed by atoms with E-state index < -0.39 is 0 Å². The Morgan fingerprint density at radius 2 is 1.90 bits per heavy atom. The lowest BCUT2D eigenvalue weighted by Gasteiger charge is -2.16. The van der Waals surface area contributed by atoms with Crippen molar-refractivity contribution in [1.82, 2.24) is 4.98 Å². The zero-order valence-electron chi connectivity index (χ0n) is 12.5. The van der Waals surface area contributed by atoms with Gasteiger partial charge in [-0.25, -0.2) is 0 Å². The summed E-state index contributed by atoms with van der Waals surface area (Å²) in [6.07, 6.45) is 9.29. The van der Waals surface area contributed by atoms with E-state index in [1.807, 2.05) is 30.2 Å². The van der Waals surface area contributed by atoms with Crippen molar-refractivity contribution in [3.8, 4) is 0 Å². The quantitative estimate of drug-likeness (QED) is 0.812. The van der Waals surface area contributed by atoms with Crippen molar-refractivity contribution in [1.29, 1.82) is 0 Å². The summed E-state index contributed by atoms with van der Waals surface area (Å²) in [7, 11) is 0. The van der Waals surface area contributed by atoms with E-state index in [4.69, 9.17) is 0 Å². The van der Waals surface area contributed by atoms with Gasteiger partial charge >= 0.3 is 0 Å². The molecule has 1 N–H and O–H groups in total. The number of nitrogens with one attached hydrogen (secondary N) is 1. The van der Waals surface area contributed by atoms with E-state index in [1.165, 1.54) is 41.8 Å². The van der Waals surface area contributed by atoms with Gasteiger partial charge in [0.1, 0.15) is 0 Å². The van der Waals surface area contributed by atoms with Crippen LogP contribution in [0.15, 0.2) is 53.7 Å². The largest absolute Gasteiger partial charge is 0.378 e. The zero-order valence-corrected chi connectivity index (χ0v) is 13.3. The van der Waals surface area contributed by atoms with Crippen LogP contribution < -0.4 is 5.32 Å². The lowest BCUT2D eigenvalue weighted by Crippen LogP contribution is -2.06. The van der Waals surface area contributed by atoms with Gasteiger partial charge in [-0.2, -0.15) is 0 Å². The Morgan fingerprint density at radius 3 is 2.57 bits per heavy atom. The molecule has 0 radical (unpaired) electrons. The van der Waals surface area contributed by atoms with Crippen molar-refractivity contribution in [3.63, 3.8) is 0 Å². The number of thioether (sulfide) groups is 1. The molecule has 21 heavy (non-hydrogen) atoms. The van der Waals surface area contributed by atoms with Crippen LogP contribution in [0.25, 0.3) is 0 Å². The fourth-order valence-electron chi connectivity index (χ4n) is 2.79. The number of rotatable bonds is 5. The molecule has 2 nitrogen and oxygen atoms in total. The van der Waals surface area contributed by atoms with Gasteiger partial charge in [0.15, 0.2) is 0 Å². The highest BCUT2D eigenvalue weighted by atomic mass is 32.2. The maximum absolute atomic E-state index is 4.18. The predicted molar refractivity (Wildman–Crippen MR) is 90.8 cm³/mol. The van der Waals surface area contributed by atoms with Crippen LogP contribution in [0.4, 0.5) is 5.69 Å². The van der Waals surface area contributed by atoms with E-state index >= 15 is 0 Å². The molecule has 1 aromatic heterocycles. The summed E-state index contributed by atoms with van der Waals surface area (Å²) in [6.45, 7) is 2.16. The summed E-state index contributed by atoms with van der Waals surface area (Å²) in [5.41, 5.74) is 2.38. The first-order valence-corrected chi connectivity index (χ1v) is 8.62. The molecule has 1 atom stereocenters. The number of aromatic nitrogens is 1. The third kappa shape index (κ3) is 4.01. The third-order valence-corrected chi connectivity index (χ3v) is 5.38. The average molecular weight is 298 g/mol. The topological polar surface area (TPSA) is 24.9 Å². The standard InChI is InChI=1S/C18H22N2S/c1-14(15-5-4-12-19-13-15)20-16-8-10-18(11-9-16)21-17-6-2-3-7-17/h4-5,8-14,17,20H,2-3,6-7H2,1H3. The van der Waals surface area contributed by atoms with Crippen molar-refractivity contribution >= 4 is 17.4 Å². The van der Waals surface area contributed by atoms with Crippen molar-refractivity contribution < 1.29 is 0 Å². The normalized spacial score (nSPS) is 16.8. The SMILES string of the molecule is CC(Nc1ccc(SC2CCCC2)cc1)c1cccnc1. The molecular formula is C18H22N2S. The van der Waals surface area contributed by atoms with E-state index in [2.05, 4.69) is 47.6 Å². The predicted octanol–water partition coefficient (Wildman–Crippen LogP) is 5.29. The first-order valence-electron chi connectivity index (χ1n) is 7.74. The number of hydrogen-bond donors (Lipinski definition) is 1. The van der Waals surface area contributed by atoms with Crippen molar-refractivity contribution in [2.45, 2.75) is 48.8 Å². The summed E-state index contributed by atoms with van der Waals surface area (Å²) in [6, 6.07) is 13.2. The summed E-state index contributed by atoms with van der Waals surface area (Å²) in [5.74, 6) is 0. The van der Waals surface area contributed by atoms with Gasteiger partial charge in [0.05, 0.1) is 6.04 Å². The first-order chi connectivity index (χ1) is 10.3. The fourth-order valence-corrected chi connectivity index (χ4v) is 4.04. The molecule has 0 bridgehead atoms. The monoisotopic (exact) mass is 298 g/mol. The van der Waals surface area contributed by atoms with Gasteiger partial charge in [-0.15, -0.1) is 11.8 Å². The number of benzene rings is 1. The maximum atomic E-state index is 4.18. The van der Waals surface area contributed by atoms with Crippen LogP contribution in [0, 0.1) is 0 Å². The van der Waals surface area contributed by atoms with Gasteiger partial charge in [0.25, 0.3) is 0 Å². The van der Waals surface area contributed by atoms with Crippen LogP contribution in [-0.4, -0.2) is 10.2 Å². The van der Waals surface area contributed by atoms with Crippen LogP contribution in [-0.2, 0) is 0 Å². The van der Waals surface area contributed by atoms with Crippen LogP contribution in [0.3, 0.4) is 0 Å². The molecule has 0 aliphatic heterocycles.